The molecule has 2 atom stereocenters. The molecule has 1 fully saturated rings. The van der Waals surface area contributed by atoms with E-state index < -0.39 is 12.0 Å². The van der Waals surface area contributed by atoms with Gasteiger partial charge in [-0.2, -0.15) is 0 Å². The van der Waals surface area contributed by atoms with E-state index in [0.29, 0.717) is 17.9 Å². The summed E-state index contributed by atoms with van der Waals surface area (Å²) in [5, 5.41) is 12.3. The van der Waals surface area contributed by atoms with Crippen LogP contribution in [0.25, 0.3) is 0 Å². The number of hydrogen-bond donors (Lipinski definition) is 1. The average molecular weight is 376 g/mol. The lowest BCUT2D eigenvalue weighted by Gasteiger charge is -2.21. The summed E-state index contributed by atoms with van der Waals surface area (Å²) in [4.78, 5) is 29.9. The van der Waals surface area contributed by atoms with E-state index in [2.05, 4.69) is 4.98 Å². The molecule has 2 unspecified atom stereocenters. The summed E-state index contributed by atoms with van der Waals surface area (Å²) in [5.41, 5.74) is 1.22. The Morgan fingerprint density at radius 3 is 2.88 bits per heavy atom. The molecule has 0 spiro atoms. The Kier molecular flexibility index (Phi) is 5.53. The summed E-state index contributed by atoms with van der Waals surface area (Å²) in [6.07, 6.45) is 0.0177. The third-order valence-corrected chi connectivity index (χ3v) is 5.10. The molecule has 138 valence electrons. The SMILES string of the molecule is COC1CC(C(=O)O)N(C(=O)c2cccc(OCc3csc(C)n3)c2)C1. The van der Waals surface area contributed by atoms with E-state index in [9.17, 15) is 14.7 Å². The molecule has 1 aromatic carbocycles. The maximum absolute atomic E-state index is 12.8. The third kappa shape index (κ3) is 4.03. The zero-order valence-corrected chi connectivity index (χ0v) is 15.4. The lowest BCUT2D eigenvalue weighted by atomic mass is 10.1. The first-order valence-corrected chi connectivity index (χ1v) is 9.06. The van der Waals surface area contributed by atoms with Crippen LogP contribution in [-0.2, 0) is 16.1 Å². The molecule has 1 N–H and O–H groups in total. The number of aromatic nitrogens is 1. The van der Waals surface area contributed by atoms with Crippen molar-refractivity contribution in [3.8, 4) is 5.75 Å². The number of thiazole rings is 1. The smallest absolute Gasteiger partial charge is 0.326 e. The number of hydrogen-bond acceptors (Lipinski definition) is 6. The predicted octanol–water partition coefficient (Wildman–Crippen LogP) is 2.34. The number of carbonyl (C=O) groups excluding carboxylic acids is 1. The van der Waals surface area contributed by atoms with Crippen LogP contribution in [0.2, 0.25) is 0 Å². The molecule has 0 radical (unpaired) electrons. The molecular formula is C18H20N2O5S. The Morgan fingerprint density at radius 2 is 2.23 bits per heavy atom. The molecule has 3 rings (SSSR count). The van der Waals surface area contributed by atoms with Crippen LogP contribution in [-0.4, -0.2) is 52.7 Å². The van der Waals surface area contributed by atoms with E-state index in [-0.39, 0.29) is 25.0 Å². The molecule has 1 amide bonds. The highest BCUT2D eigenvalue weighted by atomic mass is 32.1. The first-order valence-electron chi connectivity index (χ1n) is 8.18. The van der Waals surface area contributed by atoms with Gasteiger partial charge >= 0.3 is 5.97 Å². The van der Waals surface area contributed by atoms with Gasteiger partial charge in [-0.1, -0.05) is 6.07 Å². The van der Waals surface area contributed by atoms with Crippen LogP contribution in [0.15, 0.2) is 29.6 Å². The van der Waals surface area contributed by atoms with Crippen molar-refractivity contribution in [3.05, 3.63) is 45.9 Å². The maximum Gasteiger partial charge on any atom is 0.326 e. The van der Waals surface area contributed by atoms with Crippen LogP contribution in [0, 0.1) is 6.92 Å². The van der Waals surface area contributed by atoms with E-state index in [1.165, 1.54) is 12.0 Å². The summed E-state index contributed by atoms with van der Waals surface area (Å²) in [5.74, 6) is -0.827. The van der Waals surface area contributed by atoms with Crippen LogP contribution in [0.5, 0.6) is 5.75 Å². The number of rotatable bonds is 6. The zero-order valence-electron chi connectivity index (χ0n) is 14.5. The Morgan fingerprint density at radius 1 is 1.42 bits per heavy atom. The normalized spacial score (nSPS) is 19.5. The van der Waals surface area contributed by atoms with Crippen molar-refractivity contribution >= 4 is 23.2 Å². The van der Waals surface area contributed by atoms with Crippen LogP contribution in [0.4, 0.5) is 0 Å². The van der Waals surface area contributed by atoms with Gasteiger partial charge in [-0.15, -0.1) is 11.3 Å². The van der Waals surface area contributed by atoms with Crippen LogP contribution < -0.4 is 4.74 Å². The molecule has 7 nitrogen and oxygen atoms in total. The second-order valence-corrected chi connectivity index (χ2v) is 7.14. The number of methoxy groups -OCH3 is 1. The van der Waals surface area contributed by atoms with Crippen molar-refractivity contribution < 1.29 is 24.2 Å². The highest BCUT2D eigenvalue weighted by molar-refractivity contribution is 7.09. The molecule has 1 saturated heterocycles. The number of carbonyl (C=O) groups is 2. The molecule has 0 saturated carbocycles. The average Bonchev–Trinajstić information content (AvgIpc) is 3.25. The second-order valence-electron chi connectivity index (χ2n) is 6.08. The lowest BCUT2D eigenvalue weighted by molar-refractivity contribution is -0.141. The number of ether oxygens (including phenoxy) is 2. The number of carboxylic acid groups (broad SMARTS) is 1. The topological polar surface area (TPSA) is 89.0 Å². The quantitative estimate of drug-likeness (QED) is 0.832. The number of likely N-dealkylation sites (tertiary alicyclic amines) is 1. The predicted molar refractivity (Wildman–Crippen MR) is 95.5 cm³/mol. The van der Waals surface area contributed by atoms with Gasteiger partial charge < -0.3 is 19.5 Å². The third-order valence-electron chi connectivity index (χ3n) is 4.28. The van der Waals surface area contributed by atoms with Gasteiger partial charge in [-0.3, -0.25) is 4.79 Å². The number of nitrogens with zero attached hydrogens (tertiary/aromatic N) is 2. The largest absolute Gasteiger partial charge is 0.487 e. The van der Waals surface area contributed by atoms with Gasteiger partial charge in [-0.25, -0.2) is 9.78 Å². The summed E-state index contributed by atoms with van der Waals surface area (Å²) in [7, 11) is 1.52. The summed E-state index contributed by atoms with van der Waals surface area (Å²) >= 11 is 1.55. The Hall–Kier alpha value is -2.45. The number of carboxylic acids is 1. The van der Waals surface area contributed by atoms with Gasteiger partial charge in [0.1, 0.15) is 18.4 Å². The van der Waals surface area contributed by atoms with Crippen molar-refractivity contribution in [1.82, 2.24) is 9.88 Å². The van der Waals surface area contributed by atoms with Crippen LogP contribution >= 0.6 is 11.3 Å². The Balaban J connectivity index is 1.72. The van der Waals surface area contributed by atoms with Crippen molar-refractivity contribution in [2.45, 2.75) is 32.1 Å². The Bertz CT molecular complexity index is 806. The highest BCUT2D eigenvalue weighted by Crippen LogP contribution is 2.24. The molecule has 1 aliphatic rings. The van der Waals surface area contributed by atoms with Gasteiger partial charge in [0.25, 0.3) is 5.91 Å². The number of amides is 1. The van der Waals surface area contributed by atoms with E-state index in [1.54, 1.807) is 35.6 Å². The van der Waals surface area contributed by atoms with Crippen molar-refractivity contribution in [1.29, 1.82) is 0 Å². The summed E-state index contributed by atoms with van der Waals surface area (Å²) < 4.78 is 10.9. The van der Waals surface area contributed by atoms with Gasteiger partial charge in [-0.05, 0) is 25.1 Å². The van der Waals surface area contributed by atoms with Crippen molar-refractivity contribution in [3.63, 3.8) is 0 Å². The fourth-order valence-corrected chi connectivity index (χ4v) is 3.54. The molecule has 1 aromatic heterocycles. The van der Waals surface area contributed by atoms with Crippen LogP contribution in [0.3, 0.4) is 0 Å². The first kappa shape index (κ1) is 18.3. The van der Waals surface area contributed by atoms with Gasteiger partial charge in [0.05, 0.1) is 16.8 Å². The number of aliphatic carboxylic acids is 1. The van der Waals surface area contributed by atoms with E-state index in [0.717, 1.165) is 10.7 Å². The van der Waals surface area contributed by atoms with Gasteiger partial charge in [0, 0.05) is 31.0 Å². The van der Waals surface area contributed by atoms with E-state index >= 15 is 0 Å². The molecule has 8 heteroatoms. The molecule has 1 aliphatic heterocycles. The van der Waals surface area contributed by atoms with Gasteiger partial charge in [0.2, 0.25) is 0 Å². The van der Waals surface area contributed by atoms with Crippen molar-refractivity contribution in [2.75, 3.05) is 13.7 Å². The zero-order chi connectivity index (χ0) is 18.7. The maximum atomic E-state index is 12.8. The molecular weight excluding hydrogens is 356 g/mol. The minimum absolute atomic E-state index is 0.259. The first-order chi connectivity index (χ1) is 12.5. The fourth-order valence-electron chi connectivity index (χ4n) is 2.94. The van der Waals surface area contributed by atoms with E-state index in [4.69, 9.17) is 9.47 Å². The fraction of sp³-hybridized carbons (Fsp3) is 0.389. The van der Waals surface area contributed by atoms with Crippen LogP contribution in [0.1, 0.15) is 27.5 Å². The molecule has 2 heterocycles. The molecule has 26 heavy (non-hydrogen) atoms. The minimum Gasteiger partial charge on any atom is -0.487 e. The lowest BCUT2D eigenvalue weighted by Crippen LogP contribution is -2.40. The molecule has 2 aromatic rings. The second kappa shape index (κ2) is 7.84. The number of aryl methyl sites for hydroxylation is 1. The highest BCUT2D eigenvalue weighted by Gasteiger charge is 2.40. The molecule has 0 aliphatic carbocycles. The summed E-state index contributed by atoms with van der Waals surface area (Å²) in [6, 6.07) is 5.87. The summed E-state index contributed by atoms with van der Waals surface area (Å²) in [6.45, 7) is 2.50. The van der Waals surface area contributed by atoms with E-state index in [1.807, 2.05) is 12.3 Å². The molecule has 0 bridgehead atoms. The minimum atomic E-state index is -1.02. The van der Waals surface area contributed by atoms with Crippen molar-refractivity contribution in [2.24, 2.45) is 0 Å². The Labute approximate surface area is 155 Å². The van der Waals surface area contributed by atoms with Gasteiger partial charge in [0.15, 0.2) is 0 Å². The monoisotopic (exact) mass is 376 g/mol. The standard InChI is InChI=1S/C18H20N2O5S/c1-11-19-13(10-26-11)9-25-14-5-3-4-12(6-14)17(21)20-8-15(24-2)7-16(20)18(22)23/h3-6,10,15-16H,7-9H2,1-2H3,(H,22,23). The number of benzene rings is 1.